The minimum Gasteiger partial charge on any atom is -0.357 e. The summed E-state index contributed by atoms with van der Waals surface area (Å²) in [6, 6.07) is 57.3. The average Bonchev–Trinajstić information content (AvgIpc) is 3.86. The fourth-order valence-corrected chi connectivity index (χ4v) is 13.0. The highest BCUT2D eigenvalue weighted by atomic mass is 31.1. The fraction of sp³-hybridized carbons (Fsp3) is 0.286. The van der Waals surface area contributed by atoms with E-state index in [2.05, 4.69) is 159 Å². The molecule has 2 nitrogen and oxygen atoms in total. The minimum atomic E-state index is -0.508. The summed E-state index contributed by atoms with van der Waals surface area (Å²) in [6.45, 7) is 3.78. The molecule has 0 amide bonds. The van der Waals surface area contributed by atoms with Gasteiger partial charge in [-0.05, 0) is 55.1 Å². The molecular formula is C42H44BNOP+. The molecule has 5 aromatic rings. The molecular weight excluding hydrogens is 576 g/mol. The second-order valence-electron chi connectivity index (χ2n) is 13.7. The average molecular weight is 621 g/mol. The van der Waals surface area contributed by atoms with Crippen LogP contribution in [-0.4, -0.2) is 35.7 Å². The summed E-state index contributed by atoms with van der Waals surface area (Å²) in [5.41, 5.74) is 4.03. The molecule has 2 heterocycles. The van der Waals surface area contributed by atoms with E-state index in [-0.39, 0.29) is 7.05 Å². The van der Waals surface area contributed by atoms with E-state index in [1.165, 1.54) is 59.3 Å². The van der Waals surface area contributed by atoms with Crippen LogP contribution in [0.4, 0.5) is 0 Å². The van der Waals surface area contributed by atoms with Crippen molar-refractivity contribution in [3.63, 3.8) is 0 Å². The molecule has 3 fully saturated rings. The lowest BCUT2D eigenvalue weighted by Gasteiger charge is -2.49. The van der Waals surface area contributed by atoms with Crippen molar-refractivity contribution in [1.82, 2.24) is 0 Å². The molecule has 0 bridgehead atoms. The summed E-state index contributed by atoms with van der Waals surface area (Å²) in [5, 5.41) is 3.04. The third-order valence-electron chi connectivity index (χ3n) is 11.6. The molecule has 4 heteroatoms. The van der Waals surface area contributed by atoms with E-state index < -0.39 is 13.5 Å². The van der Waals surface area contributed by atoms with Gasteiger partial charge in [0, 0.05) is 24.2 Å². The highest BCUT2D eigenvalue weighted by Gasteiger charge is 2.73. The molecule has 230 valence electrons. The molecule has 8 rings (SSSR count). The zero-order valence-corrected chi connectivity index (χ0v) is 27.8. The lowest BCUT2D eigenvalue weighted by molar-refractivity contribution is -0.864. The third-order valence-corrected chi connectivity index (χ3v) is 14.6. The molecule has 2 saturated heterocycles. The van der Waals surface area contributed by atoms with E-state index in [0.29, 0.717) is 23.7 Å². The zero-order valence-electron chi connectivity index (χ0n) is 26.9. The van der Waals surface area contributed by atoms with Crippen LogP contribution in [0, 0.1) is 5.92 Å². The first-order valence-electron chi connectivity index (χ1n) is 17.3. The second kappa shape index (κ2) is 12.6. The van der Waals surface area contributed by atoms with E-state index >= 15 is 0 Å². The van der Waals surface area contributed by atoms with Gasteiger partial charge in [-0.25, -0.2) is 0 Å². The fourth-order valence-electron chi connectivity index (χ4n) is 9.77. The number of nitrogens with zero attached hydrogens (tertiary/aromatic N) is 1. The summed E-state index contributed by atoms with van der Waals surface area (Å²) >= 11 is 0. The monoisotopic (exact) mass is 620 g/mol. The molecule has 0 aromatic heterocycles. The second-order valence-corrected chi connectivity index (χ2v) is 16.1. The molecule has 0 spiro atoms. The lowest BCUT2D eigenvalue weighted by atomic mass is 9.66. The molecule has 2 aliphatic heterocycles. The predicted molar refractivity (Wildman–Crippen MR) is 194 cm³/mol. The molecule has 5 aromatic carbocycles. The lowest BCUT2D eigenvalue weighted by Crippen LogP contribution is -2.68. The Morgan fingerprint density at radius 1 is 0.630 bits per heavy atom. The zero-order chi connectivity index (χ0) is 31.0. The van der Waals surface area contributed by atoms with Crippen molar-refractivity contribution in [3.8, 4) is 0 Å². The third kappa shape index (κ3) is 4.82. The Kier molecular flexibility index (Phi) is 8.19. The molecule has 3 unspecified atom stereocenters. The quantitative estimate of drug-likeness (QED) is 0.126. The van der Waals surface area contributed by atoms with Gasteiger partial charge >= 0.3 is 7.05 Å². The first kappa shape index (κ1) is 29.9. The van der Waals surface area contributed by atoms with Crippen molar-refractivity contribution in [3.05, 3.63) is 163 Å². The molecule has 0 radical (unpaired) electrons. The van der Waals surface area contributed by atoms with Crippen molar-refractivity contribution in [1.29, 1.82) is 0 Å². The van der Waals surface area contributed by atoms with Crippen molar-refractivity contribution < 1.29 is 9.05 Å². The summed E-state index contributed by atoms with van der Waals surface area (Å²) < 4.78 is 8.82. The van der Waals surface area contributed by atoms with Crippen molar-refractivity contribution in [2.75, 3.05) is 6.54 Å². The van der Waals surface area contributed by atoms with E-state index in [4.69, 9.17) is 4.65 Å². The SMILES string of the molecule is C[C@H](C1CCCC1P(c1ccccc1)c1ccccc1)[N+]12CCC[C@H]1C(c1ccccc1)(c1ccccc1)OB2c1ccccc1. The predicted octanol–water partition coefficient (Wildman–Crippen LogP) is 8.03. The van der Waals surface area contributed by atoms with Crippen LogP contribution in [0.25, 0.3) is 0 Å². The molecule has 5 atom stereocenters. The molecule has 3 aliphatic rings. The number of hydrogen-bond donors (Lipinski definition) is 0. The van der Waals surface area contributed by atoms with Gasteiger partial charge in [0.25, 0.3) is 0 Å². The van der Waals surface area contributed by atoms with Crippen LogP contribution in [0.3, 0.4) is 0 Å². The topological polar surface area (TPSA) is 9.23 Å². The van der Waals surface area contributed by atoms with Gasteiger partial charge in [-0.3, -0.25) is 0 Å². The van der Waals surface area contributed by atoms with Gasteiger partial charge in [0.2, 0.25) is 0 Å². The largest absolute Gasteiger partial charge is 0.612 e. The highest BCUT2D eigenvalue weighted by Crippen LogP contribution is 2.58. The standard InChI is InChI=1S/C42H44BNOP/c1-33(39-29-17-30-40(39)46(37-25-13-5-14-26-37)38-27-15-6-16-28-38)44-32-18-31-41(44)42(34-19-7-2-8-20-34,35-21-9-3-10-22-35)45-43(44)36-23-11-4-12-24-36/h2-16,19-28,33,39-41H,17-18,29-32H2,1H3/q+1/t33-,39?,40?,41+,44?/m1/s1. The number of rotatable bonds is 8. The minimum absolute atomic E-state index is 0.0231. The Bertz CT molecular complexity index is 1640. The normalized spacial score (nSPS) is 25.9. The van der Waals surface area contributed by atoms with Crippen LogP contribution >= 0.6 is 7.92 Å². The van der Waals surface area contributed by atoms with Crippen LogP contribution in [0.1, 0.15) is 50.2 Å². The van der Waals surface area contributed by atoms with Gasteiger partial charge in [0.05, 0.1) is 12.6 Å². The van der Waals surface area contributed by atoms with E-state index in [9.17, 15) is 0 Å². The van der Waals surface area contributed by atoms with E-state index in [0.717, 1.165) is 10.9 Å². The Morgan fingerprint density at radius 2 is 1.13 bits per heavy atom. The molecule has 1 saturated carbocycles. The molecule has 0 N–H and O–H groups in total. The van der Waals surface area contributed by atoms with Crippen LogP contribution in [0.5, 0.6) is 0 Å². The van der Waals surface area contributed by atoms with E-state index in [1.54, 1.807) is 0 Å². The van der Waals surface area contributed by atoms with Gasteiger partial charge < -0.3 is 9.05 Å². The van der Waals surface area contributed by atoms with Gasteiger partial charge in [0.15, 0.2) is 5.60 Å². The van der Waals surface area contributed by atoms with Crippen LogP contribution in [0.15, 0.2) is 152 Å². The van der Waals surface area contributed by atoms with Crippen LogP contribution in [-0.2, 0) is 10.3 Å². The maximum absolute atomic E-state index is 7.80. The van der Waals surface area contributed by atoms with Crippen molar-refractivity contribution in [2.45, 2.75) is 62.4 Å². The summed E-state index contributed by atoms with van der Waals surface area (Å²) in [6.07, 6.45) is 6.30. The Morgan fingerprint density at radius 3 is 1.67 bits per heavy atom. The molecule has 46 heavy (non-hydrogen) atoms. The van der Waals surface area contributed by atoms with Gasteiger partial charge in [-0.15, -0.1) is 0 Å². The maximum Gasteiger partial charge on any atom is 0.612 e. The van der Waals surface area contributed by atoms with Gasteiger partial charge in [-0.1, -0.05) is 158 Å². The van der Waals surface area contributed by atoms with Gasteiger partial charge in [-0.2, -0.15) is 0 Å². The number of fused-ring (bicyclic) bond motifs is 1. The van der Waals surface area contributed by atoms with Crippen molar-refractivity contribution in [2.24, 2.45) is 5.92 Å². The summed E-state index contributed by atoms with van der Waals surface area (Å²) in [4.78, 5) is 0. The van der Waals surface area contributed by atoms with Crippen LogP contribution < -0.4 is 16.1 Å². The Labute approximate surface area is 276 Å². The number of benzene rings is 5. The van der Waals surface area contributed by atoms with E-state index in [1.807, 2.05) is 0 Å². The number of hydrogen-bond acceptors (Lipinski definition) is 1. The molecule has 1 aliphatic carbocycles. The maximum atomic E-state index is 7.80. The smallest absolute Gasteiger partial charge is 0.357 e. The van der Waals surface area contributed by atoms with Crippen LogP contribution in [0.2, 0.25) is 0 Å². The van der Waals surface area contributed by atoms with Gasteiger partial charge in [0.1, 0.15) is 6.04 Å². The Hall–Kier alpha value is -3.49. The summed E-state index contributed by atoms with van der Waals surface area (Å²) in [7, 11) is -0.513. The first-order chi connectivity index (χ1) is 22.7. The number of quaternary nitrogens is 1. The van der Waals surface area contributed by atoms with Crippen molar-refractivity contribution >= 4 is 31.0 Å². The first-order valence-corrected chi connectivity index (χ1v) is 18.7. The summed E-state index contributed by atoms with van der Waals surface area (Å²) in [5.74, 6) is 0.615. The highest BCUT2D eigenvalue weighted by molar-refractivity contribution is 7.73. The Balaban J connectivity index is 1.29.